The molecule has 7 heteroatoms. The van der Waals surface area contributed by atoms with E-state index in [0.717, 1.165) is 16.6 Å². The SMILES string of the molecule is Cc1ccc(Oc2ccc3cc(C)c(C(=O)NC4(CO)CCNC4=O)n3c2)cc1. The third-order valence-electron chi connectivity index (χ3n) is 5.30. The zero-order valence-electron chi connectivity index (χ0n) is 16.4. The second-order valence-corrected chi connectivity index (χ2v) is 7.45. The Balaban J connectivity index is 1.66. The third-order valence-corrected chi connectivity index (χ3v) is 5.30. The Morgan fingerprint density at radius 1 is 1.21 bits per heavy atom. The second kappa shape index (κ2) is 7.25. The van der Waals surface area contributed by atoms with Crippen molar-refractivity contribution < 1.29 is 19.4 Å². The minimum Gasteiger partial charge on any atom is -0.456 e. The lowest BCUT2D eigenvalue weighted by Crippen LogP contribution is -2.56. The number of hydrogen-bond acceptors (Lipinski definition) is 4. The number of benzene rings is 1. The van der Waals surface area contributed by atoms with Crippen LogP contribution in [0.25, 0.3) is 5.52 Å². The first-order chi connectivity index (χ1) is 13.9. The normalized spacial score (nSPS) is 18.7. The molecule has 3 aromatic rings. The summed E-state index contributed by atoms with van der Waals surface area (Å²) >= 11 is 0. The molecule has 1 aliphatic heterocycles. The largest absolute Gasteiger partial charge is 0.456 e. The van der Waals surface area contributed by atoms with Gasteiger partial charge >= 0.3 is 0 Å². The quantitative estimate of drug-likeness (QED) is 0.620. The van der Waals surface area contributed by atoms with Gasteiger partial charge in [-0.3, -0.25) is 9.59 Å². The molecule has 0 radical (unpaired) electrons. The van der Waals surface area contributed by atoms with Crippen LogP contribution < -0.4 is 15.4 Å². The van der Waals surface area contributed by atoms with Crippen LogP contribution in [0.15, 0.2) is 48.7 Å². The summed E-state index contributed by atoms with van der Waals surface area (Å²) in [5, 5.41) is 15.1. The lowest BCUT2D eigenvalue weighted by molar-refractivity contribution is -0.125. The van der Waals surface area contributed by atoms with Gasteiger partial charge in [-0.15, -0.1) is 0 Å². The van der Waals surface area contributed by atoms with Crippen molar-refractivity contribution in [3.8, 4) is 11.5 Å². The van der Waals surface area contributed by atoms with E-state index in [1.807, 2.05) is 56.3 Å². The van der Waals surface area contributed by atoms with Crippen LogP contribution in [0.5, 0.6) is 11.5 Å². The van der Waals surface area contributed by atoms with E-state index >= 15 is 0 Å². The highest BCUT2D eigenvalue weighted by atomic mass is 16.5. The number of pyridine rings is 1. The van der Waals surface area contributed by atoms with Gasteiger partial charge in [-0.05, 0) is 56.2 Å². The van der Waals surface area contributed by atoms with Crippen LogP contribution in [0.4, 0.5) is 0 Å². The molecule has 1 saturated heterocycles. The highest BCUT2D eigenvalue weighted by Crippen LogP contribution is 2.26. The molecule has 2 amide bonds. The van der Waals surface area contributed by atoms with Crippen LogP contribution in [0.3, 0.4) is 0 Å². The second-order valence-electron chi connectivity index (χ2n) is 7.45. The molecule has 1 aromatic carbocycles. The highest BCUT2D eigenvalue weighted by Gasteiger charge is 2.43. The van der Waals surface area contributed by atoms with E-state index in [2.05, 4.69) is 10.6 Å². The number of rotatable bonds is 5. The first-order valence-electron chi connectivity index (χ1n) is 9.50. The number of fused-ring (bicyclic) bond motifs is 1. The van der Waals surface area contributed by atoms with E-state index < -0.39 is 18.1 Å². The molecule has 150 valence electrons. The number of carbonyl (C=O) groups excluding carboxylic acids is 2. The van der Waals surface area contributed by atoms with Crippen molar-refractivity contribution in [1.82, 2.24) is 15.0 Å². The van der Waals surface area contributed by atoms with Gasteiger partial charge < -0.3 is 24.9 Å². The van der Waals surface area contributed by atoms with Crippen LogP contribution in [0.2, 0.25) is 0 Å². The van der Waals surface area contributed by atoms with Gasteiger partial charge in [0.15, 0.2) is 0 Å². The molecule has 0 spiro atoms. The number of aromatic nitrogens is 1. The van der Waals surface area contributed by atoms with Gasteiger partial charge in [0.2, 0.25) is 5.91 Å². The molecule has 1 unspecified atom stereocenters. The Labute approximate surface area is 168 Å². The number of amides is 2. The molecule has 0 bridgehead atoms. The third kappa shape index (κ3) is 3.45. The van der Waals surface area contributed by atoms with E-state index in [4.69, 9.17) is 4.74 Å². The van der Waals surface area contributed by atoms with Crippen LogP contribution in [0.1, 0.15) is 28.0 Å². The van der Waals surface area contributed by atoms with Gasteiger partial charge in [0.25, 0.3) is 5.91 Å². The molecule has 1 atom stereocenters. The minimum absolute atomic E-state index is 0.345. The summed E-state index contributed by atoms with van der Waals surface area (Å²) in [6, 6.07) is 13.3. The van der Waals surface area contributed by atoms with E-state index in [9.17, 15) is 14.7 Å². The number of nitrogens with one attached hydrogen (secondary N) is 2. The molecule has 1 aliphatic rings. The average Bonchev–Trinajstić information content (AvgIpc) is 3.22. The van der Waals surface area contributed by atoms with Crippen LogP contribution >= 0.6 is 0 Å². The maximum absolute atomic E-state index is 13.0. The highest BCUT2D eigenvalue weighted by molar-refractivity contribution is 6.01. The maximum Gasteiger partial charge on any atom is 0.269 e. The van der Waals surface area contributed by atoms with E-state index in [1.54, 1.807) is 10.6 Å². The number of hydrogen-bond donors (Lipinski definition) is 3. The number of ether oxygens (including phenoxy) is 1. The molecule has 4 rings (SSSR count). The predicted molar refractivity (Wildman–Crippen MR) is 108 cm³/mol. The molecule has 1 fully saturated rings. The summed E-state index contributed by atoms with van der Waals surface area (Å²) in [5.74, 6) is 0.504. The summed E-state index contributed by atoms with van der Waals surface area (Å²) in [6.45, 7) is 3.81. The minimum atomic E-state index is -1.29. The van der Waals surface area contributed by atoms with E-state index in [-0.39, 0.29) is 5.91 Å². The topological polar surface area (TPSA) is 92.1 Å². The monoisotopic (exact) mass is 393 g/mol. The Morgan fingerprint density at radius 2 is 1.93 bits per heavy atom. The van der Waals surface area contributed by atoms with Crippen molar-refractivity contribution in [3.63, 3.8) is 0 Å². The molecule has 7 nitrogen and oxygen atoms in total. The summed E-state index contributed by atoms with van der Waals surface area (Å²) in [7, 11) is 0. The first-order valence-corrected chi connectivity index (χ1v) is 9.50. The van der Waals surface area contributed by atoms with E-state index in [0.29, 0.717) is 30.2 Å². The zero-order chi connectivity index (χ0) is 20.6. The van der Waals surface area contributed by atoms with Crippen LogP contribution in [0, 0.1) is 13.8 Å². The summed E-state index contributed by atoms with van der Waals surface area (Å²) in [6.07, 6.45) is 2.09. The van der Waals surface area contributed by atoms with E-state index in [1.165, 1.54) is 0 Å². The molecule has 2 aromatic heterocycles. The predicted octanol–water partition coefficient (Wildman–Crippen LogP) is 2.33. The Morgan fingerprint density at radius 3 is 2.59 bits per heavy atom. The number of nitrogens with zero attached hydrogens (tertiary/aromatic N) is 1. The van der Waals surface area contributed by atoms with Crippen LogP contribution in [-0.2, 0) is 4.79 Å². The van der Waals surface area contributed by atoms with Crippen molar-refractivity contribution >= 4 is 17.3 Å². The number of aryl methyl sites for hydroxylation is 2. The van der Waals surface area contributed by atoms with Crippen molar-refractivity contribution in [2.45, 2.75) is 25.8 Å². The molecule has 0 saturated carbocycles. The fraction of sp³-hybridized carbons (Fsp3) is 0.273. The van der Waals surface area contributed by atoms with Gasteiger partial charge in [0.1, 0.15) is 22.7 Å². The lowest BCUT2D eigenvalue weighted by Gasteiger charge is -2.25. The summed E-state index contributed by atoms with van der Waals surface area (Å²) in [5.41, 5.74) is 1.85. The average molecular weight is 393 g/mol. The van der Waals surface area contributed by atoms with Crippen molar-refractivity contribution in [2.24, 2.45) is 0 Å². The van der Waals surface area contributed by atoms with Gasteiger partial charge in [-0.2, -0.15) is 0 Å². The van der Waals surface area contributed by atoms with Crippen molar-refractivity contribution in [1.29, 1.82) is 0 Å². The molecular formula is C22H23N3O4. The Hall–Kier alpha value is -3.32. The summed E-state index contributed by atoms with van der Waals surface area (Å²) < 4.78 is 7.66. The molecule has 3 heterocycles. The molecular weight excluding hydrogens is 370 g/mol. The first kappa shape index (κ1) is 19.0. The number of aliphatic hydroxyl groups is 1. The van der Waals surface area contributed by atoms with Gasteiger partial charge in [0, 0.05) is 12.1 Å². The standard InChI is InChI=1S/C22H23N3O4/c1-14-3-6-17(7-4-14)29-18-8-5-16-11-15(2)19(25(16)12-18)20(27)24-22(13-26)9-10-23-21(22)28/h3-8,11-12,26H,9-10,13H2,1-2H3,(H,23,28)(H,24,27). The Kier molecular flexibility index (Phi) is 4.76. The van der Waals surface area contributed by atoms with Gasteiger partial charge in [-0.1, -0.05) is 17.7 Å². The number of carbonyl (C=O) groups is 2. The zero-order valence-corrected chi connectivity index (χ0v) is 16.4. The molecule has 0 aliphatic carbocycles. The molecule has 3 N–H and O–H groups in total. The van der Waals surface area contributed by atoms with Crippen molar-refractivity contribution in [3.05, 3.63) is 65.5 Å². The van der Waals surface area contributed by atoms with Crippen LogP contribution in [-0.4, -0.2) is 40.0 Å². The van der Waals surface area contributed by atoms with Gasteiger partial charge in [-0.25, -0.2) is 0 Å². The Bertz CT molecular complexity index is 1090. The smallest absolute Gasteiger partial charge is 0.269 e. The fourth-order valence-electron chi connectivity index (χ4n) is 3.63. The van der Waals surface area contributed by atoms with Crippen molar-refractivity contribution in [2.75, 3.05) is 13.2 Å². The maximum atomic E-state index is 13.0. The fourth-order valence-corrected chi connectivity index (χ4v) is 3.63. The lowest BCUT2D eigenvalue weighted by atomic mass is 9.98. The van der Waals surface area contributed by atoms with Gasteiger partial charge in [0.05, 0.1) is 12.8 Å². The summed E-state index contributed by atoms with van der Waals surface area (Å²) in [4.78, 5) is 25.2. The molecule has 29 heavy (non-hydrogen) atoms. The number of aliphatic hydroxyl groups excluding tert-OH is 1.